The lowest BCUT2D eigenvalue weighted by molar-refractivity contribution is -0.136. The molecule has 1 unspecified atom stereocenters. The number of fused-ring (bicyclic) bond motifs is 3. The molecule has 5 amide bonds. The maximum absolute atomic E-state index is 13.4. The molecule has 3 N–H and O–H groups in total. The van der Waals surface area contributed by atoms with Crippen LogP contribution < -0.4 is 15.5 Å². The first kappa shape index (κ1) is 36.0. The molecule has 17 heteroatoms. The van der Waals surface area contributed by atoms with Crippen LogP contribution in [0.4, 0.5) is 11.4 Å². The number of piperidine rings is 2. The van der Waals surface area contributed by atoms with Gasteiger partial charge in [-0.15, -0.1) is 0 Å². The zero-order valence-corrected chi connectivity index (χ0v) is 31.5. The van der Waals surface area contributed by atoms with E-state index in [0.717, 1.165) is 67.1 Å². The molecule has 3 fully saturated rings. The lowest BCUT2D eigenvalue weighted by atomic mass is 9.95. The van der Waals surface area contributed by atoms with Crippen LogP contribution in [0.25, 0.3) is 16.6 Å². The number of hydrogen-bond donors (Lipinski definition) is 3. The van der Waals surface area contributed by atoms with Gasteiger partial charge in [0.15, 0.2) is 5.65 Å². The van der Waals surface area contributed by atoms with E-state index < -0.39 is 41.2 Å². The highest BCUT2D eigenvalue weighted by molar-refractivity contribution is 6.30. The molecule has 288 valence electrons. The van der Waals surface area contributed by atoms with Crippen molar-refractivity contribution in [3.05, 3.63) is 82.4 Å². The molecule has 9 rings (SSSR count). The van der Waals surface area contributed by atoms with Crippen molar-refractivity contribution < 1.29 is 29.1 Å². The monoisotopic (exact) mass is 778 g/mol. The van der Waals surface area contributed by atoms with Crippen LogP contribution in [0.5, 0.6) is 0 Å². The fourth-order valence-corrected chi connectivity index (χ4v) is 8.51. The first-order chi connectivity index (χ1) is 26.8. The van der Waals surface area contributed by atoms with E-state index in [0.29, 0.717) is 33.4 Å². The average Bonchev–Trinajstić information content (AvgIpc) is 3.83. The van der Waals surface area contributed by atoms with Crippen LogP contribution in [0.2, 0.25) is 5.02 Å². The van der Waals surface area contributed by atoms with Gasteiger partial charge in [-0.05, 0) is 63.4 Å². The van der Waals surface area contributed by atoms with Crippen molar-refractivity contribution in [2.45, 2.75) is 57.2 Å². The van der Waals surface area contributed by atoms with Crippen molar-refractivity contribution >= 4 is 69.1 Å². The van der Waals surface area contributed by atoms with Crippen LogP contribution in [0, 0.1) is 5.92 Å². The standard InChI is InChI=1S/C39H39ClN10O6/c1-39(2,56)29-13-30-22(11-31(29)43-35(52)28-15-42-49-20-23(40)14-41-34(28)49)19-48(45-30)24-7-9-46(10-8-24)16-21-17-47(18-21)25-3-4-26-27(12-25)38(55)50(37(26)54)32-5-6-33(51)44-36(32)53/h3-4,11-15,19-21,24,32,56H,5-10,16-18H2,1-2H3,(H,43,52)(H,44,51,53). The van der Waals surface area contributed by atoms with E-state index in [2.05, 4.69) is 30.5 Å². The third-order valence-corrected chi connectivity index (χ3v) is 11.5. The Hall–Kier alpha value is -5.71. The van der Waals surface area contributed by atoms with E-state index in [9.17, 15) is 29.1 Å². The van der Waals surface area contributed by atoms with Crippen LogP contribution in [0.3, 0.4) is 0 Å². The van der Waals surface area contributed by atoms with Gasteiger partial charge in [-0.1, -0.05) is 11.6 Å². The minimum absolute atomic E-state index is 0.0818. The SMILES string of the molecule is CC(C)(O)c1cc2nn(C3CCN(CC4CN(c5ccc6c(c5)C(=O)N(C5CCC(=O)NC5=O)C6=O)C4)CC3)cc2cc1NC(=O)c1cnn2cc(Cl)cnc12. The predicted octanol–water partition coefficient (Wildman–Crippen LogP) is 3.39. The Bertz CT molecular complexity index is 2470. The summed E-state index contributed by atoms with van der Waals surface area (Å²) in [7, 11) is 0. The second-order valence-corrected chi connectivity index (χ2v) is 16.1. The molecule has 5 aromatic rings. The average molecular weight is 779 g/mol. The molecule has 0 aliphatic carbocycles. The Labute approximate surface area is 325 Å². The van der Waals surface area contributed by atoms with Gasteiger partial charge in [-0.25, -0.2) is 9.50 Å². The van der Waals surface area contributed by atoms with Gasteiger partial charge in [0.1, 0.15) is 11.6 Å². The number of halogens is 1. The fourth-order valence-electron chi connectivity index (χ4n) is 8.37. The van der Waals surface area contributed by atoms with Gasteiger partial charge in [0, 0.05) is 79.8 Å². The Balaban J connectivity index is 0.814. The summed E-state index contributed by atoms with van der Waals surface area (Å²) < 4.78 is 3.45. The number of hydrogen-bond acceptors (Lipinski definition) is 11. The summed E-state index contributed by atoms with van der Waals surface area (Å²) in [5, 5.41) is 26.6. The molecule has 4 aliphatic rings. The summed E-state index contributed by atoms with van der Waals surface area (Å²) in [6.45, 7) is 7.77. The molecular formula is C39H39ClN10O6. The molecular weight excluding hydrogens is 740 g/mol. The zero-order valence-electron chi connectivity index (χ0n) is 30.7. The van der Waals surface area contributed by atoms with Gasteiger partial charge in [0.25, 0.3) is 17.7 Å². The molecule has 7 heterocycles. The van der Waals surface area contributed by atoms with Crippen LogP contribution in [0.15, 0.2) is 55.1 Å². The molecule has 1 atom stereocenters. The maximum atomic E-state index is 13.4. The van der Waals surface area contributed by atoms with Gasteiger partial charge >= 0.3 is 0 Å². The number of likely N-dealkylation sites (tertiary alicyclic amines) is 1. The molecule has 3 saturated heterocycles. The second kappa shape index (κ2) is 13.5. The number of aliphatic hydroxyl groups is 1. The minimum atomic E-state index is -1.26. The topological polar surface area (TPSA) is 187 Å². The highest BCUT2D eigenvalue weighted by Gasteiger charge is 2.45. The molecule has 0 radical (unpaired) electrons. The molecule has 3 aromatic heterocycles. The number of amides is 5. The Morgan fingerprint density at radius 3 is 2.52 bits per heavy atom. The fraction of sp³-hybridized carbons (Fsp3) is 0.385. The summed E-state index contributed by atoms with van der Waals surface area (Å²) in [6.07, 6.45) is 8.51. The van der Waals surface area contributed by atoms with Crippen molar-refractivity contribution in [2.75, 3.05) is 42.9 Å². The lowest BCUT2D eigenvalue weighted by Gasteiger charge is -2.44. The number of nitrogens with one attached hydrogen (secondary N) is 2. The lowest BCUT2D eigenvalue weighted by Crippen LogP contribution is -2.54. The van der Waals surface area contributed by atoms with Crippen LogP contribution in [-0.4, -0.2) is 108 Å². The highest BCUT2D eigenvalue weighted by atomic mass is 35.5. The van der Waals surface area contributed by atoms with Gasteiger partial charge in [0.05, 0.1) is 45.7 Å². The first-order valence-corrected chi connectivity index (χ1v) is 19.1. The minimum Gasteiger partial charge on any atom is -0.386 e. The largest absolute Gasteiger partial charge is 0.386 e. The van der Waals surface area contributed by atoms with E-state index >= 15 is 0 Å². The second-order valence-electron chi connectivity index (χ2n) is 15.7. The Morgan fingerprint density at radius 1 is 1.00 bits per heavy atom. The molecule has 0 saturated carbocycles. The first-order valence-electron chi connectivity index (χ1n) is 18.7. The molecule has 4 aliphatic heterocycles. The van der Waals surface area contributed by atoms with E-state index in [-0.39, 0.29) is 30.0 Å². The molecule has 0 spiro atoms. The van der Waals surface area contributed by atoms with Crippen LogP contribution in [-0.2, 0) is 15.2 Å². The van der Waals surface area contributed by atoms with E-state index in [4.69, 9.17) is 16.7 Å². The number of benzene rings is 2. The smallest absolute Gasteiger partial charge is 0.262 e. The normalized spacial score (nSPS) is 19.9. The van der Waals surface area contributed by atoms with Crippen molar-refractivity contribution in [3.8, 4) is 0 Å². The summed E-state index contributed by atoms with van der Waals surface area (Å²) in [4.78, 5) is 73.8. The Morgan fingerprint density at radius 2 is 1.77 bits per heavy atom. The summed E-state index contributed by atoms with van der Waals surface area (Å²) in [5.74, 6) is -1.98. The van der Waals surface area contributed by atoms with Gasteiger partial charge in [0.2, 0.25) is 11.8 Å². The van der Waals surface area contributed by atoms with E-state index in [1.54, 1.807) is 32.2 Å². The molecule has 16 nitrogen and oxygen atoms in total. The van der Waals surface area contributed by atoms with Gasteiger partial charge in [-0.3, -0.25) is 38.9 Å². The number of imide groups is 2. The van der Waals surface area contributed by atoms with Crippen LogP contribution in [0.1, 0.15) is 82.2 Å². The Kier molecular flexibility index (Phi) is 8.67. The van der Waals surface area contributed by atoms with Gasteiger partial charge < -0.3 is 20.2 Å². The summed E-state index contributed by atoms with van der Waals surface area (Å²) in [6, 6.07) is 8.15. The van der Waals surface area contributed by atoms with E-state index in [1.165, 1.54) is 16.9 Å². The number of rotatable bonds is 8. The number of anilines is 2. The third-order valence-electron chi connectivity index (χ3n) is 11.3. The maximum Gasteiger partial charge on any atom is 0.262 e. The number of nitrogens with zero attached hydrogens (tertiary/aromatic N) is 8. The third kappa shape index (κ3) is 6.36. The van der Waals surface area contributed by atoms with Crippen LogP contribution >= 0.6 is 11.6 Å². The quantitative estimate of drug-likeness (QED) is 0.196. The van der Waals surface area contributed by atoms with Gasteiger partial charge in [-0.2, -0.15) is 10.2 Å². The van der Waals surface area contributed by atoms with Crippen molar-refractivity contribution in [1.82, 2.24) is 39.5 Å². The number of aromatic nitrogens is 5. The molecule has 2 aromatic carbocycles. The van der Waals surface area contributed by atoms with Crippen molar-refractivity contribution in [2.24, 2.45) is 5.92 Å². The summed E-state index contributed by atoms with van der Waals surface area (Å²) >= 11 is 6.03. The predicted molar refractivity (Wildman–Crippen MR) is 204 cm³/mol. The van der Waals surface area contributed by atoms with Crippen molar-refractivity contribution in [1.29, 1.82) is 0 Å². The van der Waals surface area contributed by atoms with Crippen molar-refractivity contribution in [3.63, 3.8) is 0 Å². The number of carbonyl (C=O) groups excluding carboxylic acids is 5. The number of carbonyl (C=O) groups is 5. The summed E-state index contributed by atoms with van der Waals surface area (Å²) in [5.41, 5.74) is 2.55. The molecule has 56 heavy (non-hydrogen) atoms. The molecule has 0 bridgehead atoms. The zero-order chi connectivity index (χ0) is 39.0. The highest BCUT2D eigenvalue weighted by Crippen LogP contribution is 2.36. The van der Waals surface area contributed by atoms with E-state index in [1.807, 2.05) is 29.1 Å².